The van der Waals surface area contributed by atoms with E-state index in [1.165, 1.54) is 21.7 Å². The van der Waals surface area contributed by atoms with Crippen molar-refractivity contribution in [2.45, 2.75) is 0 Å². The SMILES string of the molecule is [Ir].[c-]1ccc2c(oc3c4ccccc4ccc23)c1-c1cc(-c2ccc3ccccc3c2)ccn1.[c-]1ccccc1-c1ccccn1. The van der Waals surface area contributed by atoms with Crippen molar-refractivity contribution in [3.05, 3.63) is 170 Å². The summed E-state index contributed by atoms with van der Waals surface area (Å²) in [6, 6.07) is 56.1. The van der Waals surface area contributed by atoms with Crippen LogP contribution in [-0.4, -0.2) is 9.97 Å². The fourth-order valence-corrected chi connectivity index (χ4v) is 5.85. The molecule has 3 aromatic heterocycles. The molecule has 1 radical (unpaired) electrons. The van der Waals surface area contributed by atoms with Gasteiger partial charge in [-0.3, -0.25) is 0 Å². The largest absolute Gasteiger partial charge is 0.500 e. The second-order valence-electron chi connectivity index (χ2n) is 10.8. The molecule has 0 unspecified atom stereocenters. The summed E-state index contributed by atoms with van der Waals surface area (Å²) in [6.45, 7) is 0. The number of pyridine rings is 2. The van der Waals surface area contributed by atoms with Gasteiger partial charge in [0.1, 0.15) is 5.58 Å². The summed E-state index contributed by atoms with van der Waals surface area (Å²) >= 11 is 0. The zero-order valence-corrected chi connectivity index (χ0v) is 27.0. The Kier molecular flexibility index (Phi) is 8.22. The molecule has 4 heteroatoms. The van der Waals surface area contributed by atoms with Crippen LogP contribution in [0, 0.1) is 12.1 Å². The van der Waals surface area contributed by atoms with E-state index in [0.29, 0.717) is 0 Å². The predicted molar refractivity (Wildman–Crippen MR) is 185 cm³/mol. The maximum Gasteiger partial charge on any atom is 0.128 e. The zero-order valence-electron chi connectivity index (χ0n) is 24.6. The van der Waals surface area contributed by atoms with Gasteiger partial charge in [0, 0.05) is 43.3 Å². The molecule has 221 valence electrons. The molecule has 0 bridgehead atoms. The van der Waals surface area contributed by atoms with Crippen LogP contribution < -0.4 is 0 Å². The van der Waals surface area contributed by atoms with Gasteiger partial charge in [-0.25, -0.2) is 0 Å². The summed E-state index contributed by atoms with van der Waals surface area (Å²) in [7, 11) is 0. The van der Waals surface area contributed by atoms with Gasteiger partial charge in [-0.1, -0.05) is 102 Å². The summed E-state index contributed by atoms with van der Waals surface area (Å²) < 4.78 is 6.48. The molecule has 0 aliphatic carbocycles. The number of hydrogen-bond acceptors (Lipinski definition) is 3. The van der Waals surface area contributed by atoms with E-state index >= 15 is 0 Å². The van der Waals surface area contributed by atoms with E-state index in [1.807, 2.05) is 54.7 Å². The first kappa shape index (κ1) is 29.3. The molecule has 6 aromatic carbocycles. The van der Waals surface area contributed by atoms with Gasteiger partial charge < -0.3 is 14.4 Å². The van der Waals surface area contributed by atoms with E-state index in [9.17, 15) is 0 Å². The van der Waals surface area contributed by atoms with Crippen molar-refractivity contribution in [3.8, 4) is 33.6 Å². The van der Waals surface area contributed by atoms with Gasteiger partial charge in [-0.05, 0) is 56.9 Å². The van der Waals surface area contributed by atoms with E-state index in [2.05, 4.69) is 119 Å². The van der Waals surface area contributed by atoms with Gasteiger partial charge in [0.25, 0.3) is 0 Å². The summed E-state index contributed by atoms with van der Waals surface area (Å²) in [5, 5.41) is 6.96. The smallest absolute Gasteiger partial charge is 0.128 e. The average molecular weight is 767 g/mol. The molecule has 0 saturated heterocycles. The van der Waals surface area contributed by atoms with Gasteiger partial charge >= 0.3 is 0 Å². The number of benzene rings is 6. The number of aromatic nitrogens is 2. The average Bonchev–Trinajstić information content (AvgIpc) is 3.52. The van der Waals surface area contributed by atoms with E-state index in [-0.39, 0.29) is 20.1 Å². The number of rotatable bonds is 3. The molecule has 0 saturated carbocycles. The normalized spacial score (nSPS) is 10.9. The van der Waals surface area contributed by atoms with Gasteiger partial charge in [-0.15, -0.1) is 54.1 Å². The van der Waals surface area contributed by atoms with Crippen molar-refractivity contribution in [2.24, 2.45) is 0 Å². The van der Waals surface area contributed by atoms with Gasteiger partial charge in [0.15, 0.2) is 0 Å². The fourth-order valence-electron chi connectivity index (χ4n) is 5.85. The second-order valence-corrected chi connectivity index (χ2v) is 10.8. The molecule has 3 heterocycles. The van der Waals surface area contributed by atoms with Crippen molar-refractivity contribution in [1.29, 1.82) is 0 Å². The molecular formula is C42H26IrN2O-2. The van der Waals surface area contributed by atoms with E-state index in [0.717, 1.165) is 55.4 Å². The summed E-state index contributed by atoms with van der Waals surface area (Å²) in [5.41, 5.74) is 7.78. The van der Waals surface area contributed by atoms with Crippen LogP contribution in [0.2, 0.25) is 0 Å². The molecule has 46 heavy (non-hydrogen) atoms. The topological polar surface area (TPSA) is 38.9 Å². The zero-order chi connectivity index (χ0) is 30.0. The van der Waals surface area contributed by atoms with Crippen LogP contribution in [0.5, 0.6) is 0 Å². The monoisotopic (exact) mass is 767 g/mol. The Morgan fingerprint density at radius 3 is 2.04 bits per heavy atom. The maximum absolute atomic E-state index is 6.48. The first-order valence-corrected chi connectivity index (χ1v) is 14.9. The van der Waals surface area contributed by atoms with Crippen LogP contribution in [0.1, 0.15) is 0 Å². The third-order valence-electron chi connectivity index (χ3n) is 8.07. The van der Waals surface area contributed by atoms with Crippen LogP contribution in [-0.2, 0) is 20.1 Å². The Morgan fingerprint density at radius 1 is 0.457 bits per heavy atom. The summed E-state index contributed by atoms with van der Waals surface area (Å²) in [5.74, 6) is 0. The minimum absolute atomic E-state index is 0. The van der Waals surface area contributed by atoms with Crippen molar-refractivity contribution in [1.82, 2.24) is 9.97 Å². The molecule has 0 N–H and O–H groups in total. The summed E-state index contributed by atoms with van der Waals surface area (Å²) in [6.07, 6.45) is 3.65. The third-order valence-corrected chi connectivity index (χ3v) is 8.07. The standard InChI is InChI=1S/C31H18NO.C11H8N.Ir/c1-2-8-22-18-23(13-12-20(22)6-1)24-16-17-32-29(19-24)28-11-5-10-26-27-15-14-21-7-3-4-9-25(21)30(27)33-31(26)28;1-2-6-10(7-3-1)11-8-4-5-9-12-11;/h1-10,12-19H;1-6,8-9H;/q2*-1;. The Labute approximate surface area is 280 Å². The first-order valence-electron chi connectivity index (χ1n) is 14.9. The second kappa shape index (κ2) is 12.9. The molecule has 3 nitrogen and oxygen atoms in total. The Hall–Kier alpha value is -5.41. The number of hydrogen-bond donors (Lipinski definition) is 0. The van der Waals surface area contributed by atoms with Crippen molar-refractivity contribution < 1.29 is 24.5 Å². The molecule has 9 rings (SSSR count). The first-order chi connectivity index (χ1) is 22.3. The van der Waals surface area contributed by atoms with Gasteiger partial charge in [0.05, 0.1) is 5.58 Å². The minimum Gasteiger partial charge on any atom is -0.500 e. The van der Waals surface area contributed by atoms with Crippen LogP contribution in [0.15, 0.2) is 162 Å². The van der Waals surface area contributed by atoms with Crippen molar-refractivity contribution in [3.63, 3.8) is 0 Å². The molecule has 0 fully saturated rings. The van der Waals surface area contributed by atoms with Crippen molar-refractivity contribution in [2.75, 3.05) is 0 Å². The molecule has 0 atom stereocenters. The fraction of sp³-hybridized carbons (Fsp3) is 0. The maximum atomic E-state index is 6.48. The molecule has 0 aliphatic heterocycles. The Balaban J connectivity index is 0.000000220. The summed E-state index contributed by atoms with van der Waals surface area (Å²) in [4.78, 5) is 8.91. The van der Waals surface area contributed by atoms with Crippen molar-refractivity contribution >= 4 is 43.5 Å². The van der Waals surface area contributed by atoms with E-state index in [4.69, 9.17) is 4.42 Å². The molecule has 0 amide bonds. The van der Waals surface area contributed by atoms with Crippen LogP contribution in [0.4, 0.5) is 0 Å². The predicted octanol–water partition coefficient (Wildman–Crippen LogP) is 11.0. The quantitative estimate of drug-likeness (QED) is 0.168. The minimum atomic E-state index is 0. The molecule has 9 aromatic rings. The van der Waals surface area contributed by atoms with Gasteiger partial charge in [-0.2, -0.15) is 0 Å². The molecular weight excluding hydrogens is 741 g/mol. The number of nitrogens with zero attached hydrogens (tertiary/aromatic N) is 2. The van der Waals surface area contributed by atoms with Gasteiger partial charge in [0.2, 0.25) is 0 Å². The Bertz CT molecular complexity index is 2400. The van der Waals surface area contributed by atoms with Crippen LogP contribution in [0.3, 0.4) is 0 Å². The van der Waals surface area contributed by atoms with E-state index < -0.39 is 0 Å². The third kappa shape index (κ3) is 5.61. The molecule has 0 spiro atoms. The van der Waals surface area contributed by atoms with E-state index in [1.54, 1.807) is 6.20 Å². The Morgan fingerprint density at radius 2 is 1.20 bits per heavy atom. The van der Waals surface area contributed by atoms with Crippen LogP contribution >= 0.6 is 0 Å². The molecule has 0 aliphatic rings. The van der Waals surface area contributed by atoms with Crippen LogP contribution in [0.25, 0.3) is 77.1 Å². The number of fused-ring (bicyclic) bond motifs is 6. The number of furan rings is 1.